The molecule has 1 aromatic heterocycles. The van der Waals surface area contributed by atoms with Gasteiger partial charge in [-0.1, -0.05) is 20.8 Å². The fourth-order valence-electron chi connectivity index (χ4n) is 2.82. The highest BCUT2D eigenvalue weighted by Gasteiger charge is 2.25. The Morgan fingerprint density at radius 3 is 2.67 bits per heavy atom. The van der Waals surface area contributed by atoms with E-state index in [1.165, 1.54) is 23.9 Å². The molecule has 0 aromatic carbocycles. The highest BCUT2D eigenvalue weighted by atomic mass is 16.2. The van der Waals surface area contributed by atoms with Gasteiger partial charge in [-0.2, -0.15) is 0 Å². The molecule has 1 aromatic rings. The second kappa shape index (κ2) is 7.49. The van der Waals surface area contributed by atoms with Crippen molar-refractivity contribution in [3.05, 3.63) is 6.33 Å². The lowest BCUT2D eigenvalue weighted by atomic mass is 9.94. The van der Waals surface area contributed by atoms with Crippen molar-refractivity contribution >= 4 is 5.91 Å². The van der Waals surface area contributed by atoms with Crippen molar-refractivity contribution in [1.82, 2.24) is 30.4 Å². The lowest BCUT2D eigenvalue weighted by Gasteiger charge is -2.38. The van der Waals surface area contributed by atoms with Crippen LogP contribution in [-0.4, -0.2) is 56.7 Å². The minimum Gasteiger partial charge on any atom is -0.353 e. The largest absolute Gasteiger partial charge is 0.353 e. The van der Waals surface area contributed by atoms with E-state index in [-0.39, 0.29) is 12.5 Å². The summed E-state index contributed by atoms with van der Waals surface area (Å²) < 4.78 is 1.43. The Bertz CT molecular complexity index is 425. The van der Waals surface area contributed by atoms with E-state index in [0.717, 1.165) is 19.0 Å². The van der Waals surface area contributed by atoms with E-state index in [1.54, 1.807) is 0 Å². The van der Waals surface area contributed by atoms with Crippen molar-refractivity contribution in [2.75, 3.05) is 19.6 Å². The van der Waals surface area contributed by atoms with Crippen LogP contribution in [0.4, 0.5) is 0 Å². The van der Waals surface area contributed by atoms with Crippen molar-refractivity contribution in [3.63, 3.8) is 0 Å². The topological polar surface area (TPSA) is 75.9 Å². The van der Waals surface area contributed by atoms with Gasteiger partial charge in [-0.25, -0.2) is 4.68 Å². The Kier molecular flexibility index (Phi) is 5.67. The van der Waals surface area contributed by atoms with Gasteiger partial charge >= 0.3 is 0 Å². The molecule has 0 saturated carbocycles. The van der Waals surface area contributed by atoms with Crippen molar-refractivity contribution in [2.45, 2.75) is 46.2 Å². The molecule has 21 heavy (non-hydrogen) atoms. The molecular formula is C14H26N6O. The Balaban J connectivity index is 1.81. The molecule has 7 nitrogen and oxygen atoms in total. The average molecular weight is 294 g/mol. The maximum absolute atomic E-state index is 11.9. The van der Waals surface area contributed by atoms with Gasteiger partial charge in [-0.15, -0.1) is 5.10 Å². The molecule has 0 aliphatic carbocycles. The predicted molar refractivity (Wildman–Crippen MR) is 79.4 cm³/mol. The number of hydrogen-bond donors (Lipinski definition) is 1. The summed E-state index contributed by atoms with van der Waals surface area (Å²) in [6.45, 7) is 9.88. The second-order valence-corrected chi connectivity index (χ2v) is 6.34. The van der Waals surface area contributed by atoms with Gasteiger partial charge in [-0.05, 0) is 48.2 Å². The maximum atomic E-state index is 11.9. The van der Waals surface area contributed by atoms with Crippen LogP contribution in [-0.2, 0) is 11.3 Å². The number of tetrazole rings is 1. The molecule has 2 rings (SSSR count). The molecule has 1 aliphatic rings. The molecule has 1 fully saturated rings. The van der Waals surface area contributed by atoms with Crippen LogP contribution in [0.5, 0.6) is 0 Å². The smallest absolute Gasteiger partial charge is 0.241 e. The number of nitrogens with one attached hydrogen (secondary N) is 1. The SMILES string of the molecule is CC1CCN([C@H](CNC(=O)Cn2cnnn2)C(C)C)CC1. The number of piperidine rings is 1. The van der Waals surface area contributed by atoms with Crippen LogP contribution in [0.1, 0.15) is 33.6 Å². The van der Waals surface area contributed by atoms with Gasteiger partial charge < -0.3 is 5.32 Å². The summed E-state index contributed by atoms with van der Waals surface area (Å²) in [5, 5.41) is 13.8. The van der Waals surface area contributed by atoms with Crippen LogP contribution in [0.15, 0.2) is 6.33 Å². The number of amides is 1. The lowest BCUT2D eigenvalue weighted by molar-refractivity contribution is -0.122. The number of likely N-dealkylation sites (tertiary alicyclic amines) is 1. The van der Waals surface area contributed by atoms with Gasteiger partial charge in [0.25, 0.3) is 0 Å². The van der Waals surface area contributed by atoms with Crippen LogP contribution in [0.25, 0.3) is 0 Å². The van der Waals surface area contributed by atoms with Gasteiger partial charge in [0.15, 0.2) is 0 Å². The molecule has 0 radical (unpaired) electrons. The third-order valence-corrected chi connectivity index (χ3v) is 4.26. The third-order valence-electron chi connectivity index (χ3n) is 4.26. The summed E-state index contributed by atoms with van der Waals surface area (Å²) in [7, 11) is 0. The van der Waals surface area contributed by atoms with Crippen LogP contribution in [0, 0.1) is 11.8 Å². The number of aromatic nitrogens is 4. The van der Waals surface area contributed by atoms with E-state index in [9.17, 15) is 4.79 Å². The molecule has 0 unspecified atom stereocenters. The monoisotopic (exact) mass is 294 g/mol. The van der Waals surface area contributed by atoms with Gasteiger partial charge in [0.1, 0.15) is 12.9 Å². The lowest BCUT2D eigenvalue weighted by Crippen LogP contribution is -2.50. The highest BCUT2D eigenvalue weighted by molar-refractivity contribution is 5.75. The number of hydrogen-bond acceptors (Lipinski definition) is 5. The van der Waals surface area contributed by atoms with E-state index in [4.69, 9.17) is 0 Å². The first-order valence-corrected chi connectivity index (χ1v) is 7.77. The molecule has 2 heterocycles. The fraction of sp³-hybridized carbons (Fsp3) is 0.857. The first kappa shape index (κ1) is 15.9. The van der Waals surface area contributed by atoms with E-state index in [1.807, 2.05) is 0 Å². The van der Waals surface area contributed by atoms with Gasteiger partial charge in [-0.3, -0.25) is 9.69 Å². The fourth-order valence-corrected chi connectivity index (χ4v) is 2.82. The number of carbonyl (C=O) groups is 1. The van der Waals surface area contributed by atoms with Crippen molar-refractivity contribution in [1.29, 1.82) is 0 Å². The predicted octanol–water partition coefficient (Wildman–Crippen LogP) is 0.546. The summed E-state index contributed by atoms with van der Waals surface area (Å²) in [5.74, 6) is 1.30. The van der Waals surface area contributed by atoms with Gasteiger partial charge in [0.05, 0.1) is 0 Å². The molecule has 1 atom stereocenters. The van der Waals surface area contributed by atoms with E-state index >= 15 is 0 Å². The zero-order valence-corrected chi connectivity index (χ0v) is 13.2. The van der Waals surface area contributed by atoms with Crippen LogP contribution < -0.4 is 5.32 Å². The summed E-state index contributed by atoms with van der Waals surface area (Å²) in [6.07, 6.45) is 3.95. The second-order valence-electron chi connectivity index (χ2n) is 6.34. The highest BCUT2D eigenvalue weighted by Crippen LogP contribution is 2.20. The Morgan fingerprint density at radius 2 is 2.10 bits per heavy atom. The van der Waals surface area contributed by atoms with E-state index < -0.39 is 0 Å². The standard InChI is InChI=1S/C14H26N6O/c1-11(2)13(19-6-4-12(3)5-7-19)8-15-14(21)9-20-10-16-17-18-20/h10-13H,4-9H2,1-3H3,(H,15,21)/t13-/m1/s1. The Morgan fingerprint density at radius 1 is 1.38 bits per heavy atom. The van der Waals surface area contributed by atoms with Crippen LogP contribution in [0.3, 0.4) is 0 Å². The molecule has 0 bridgehead atoms. The minimum absolute atomic E-state index is 0.0432. The summed E-state index contributed by atoms with van der Waals surface area (Å²) in [4.78, 5) is 14.4. The Hall–Kier alpha value is -1.50. The van der Waals surface area contributed by atoms with Crippen molar-refractivity contribution in [3.8, 4) is 0 Å². The molecule has 0 spiro atoms. The quantitative estimate of drug-likeness (QED) is 0.829. The van der Waals surface area contributed by atoms with Gasteiger partial charge in [0, 0.05) is 12.6 Å². The van der Waals surface area contributed by atoms with Crippen molar-refractivity contribution < 1.29 is 4.79 Å². The number of carbonyl (C=O) groups excluding carboxylic acids is 1. The molecule has 1 N–H and O–H groups in total. The first-order valence-electron chi connectivity index (χ1n) is 7.77. The summed E-state index contributed by atoms with van der Waals surface area (Å²) in [6, 6.07) is 0.398. The molecule has 7 heteroatoms. The molecule has 118 valence electrons. The molecule has 1 aliphatic heterocycles. The molecular weight excluding hydrogens is 268 g/mol. The van der Waals surface area contributed by atoms with E-state index in [2.05, 4.69) is 46.5 Å². The summed E-state index contributed by atoms with van der Waals surface area (Å²) in [5.41, 5.74) is 0. The Labute approximate surface area is 126 Å². The summed E-state index contributed by atoms with van der Waals surface area (Å²) >= 11 is 0. The first-order chi connectivity index (χ1) is 10.1. The minimum atomic E-state index is -0.0432. The average Bonchev–Trinajstić information content (AvgIpc) is 2.93. The zero-order valence-electron chi connectivity index (χ0n) is 13.2. The molecule has 1 saturated heterocycles. The maximum Gasteiger partial charge on any atom is 0.241 e. The third kappa shape index (κ3) is 4.77. The van der Waals surface area contributed by atoms with Crippen molar-refractivity contribution in [2.24, 2.45) is 11.8 Å². The van der Waals surface area contributed by atoms with E-state index in [0.29, 0.717) is 18.5 Å². The molecule has 1 amide bonds. The normalized spacial score (nSPS) is 18.9. The number of rotatable bonds is 6. The van der Waals surface area contributed by atoms with Crippen LogP contribution in [0.2, 0.25) is 0 Å². The van der Waals surface area contributed by atoms with Gasteiger partial charge in [0.2, 0.25) is 5.91 Å². The number of nitrogens with zero attached hydrogens (tertiary/aromatic N) is 5. The van der Waals surface area contributed by atoms with Crippen LogP contribution >= 0.6 is 0 Å². The zero-order chi connectivity index (χ0) is 15.2.